The quantitative estimate of drug-likeness (QED) is 0.381. The standard InChI is InChI=1S/AsH3.Bi.7ClH.FH.3H/h1H3;;8*1H;;;. The van der Waals surface area contributed by atoms with Crippen molar-refractivity contribution in [1.29, 1.82) is 0 Å². The molecule has 10 heteroatoms. The molecule has 1 unspecified atom stereocenters. The van der Waals surface area contributed by atoms with Gasteiger partial charge < -0.3 is 0 Å². The van der Waals surface area contributed by atoms with E-state index in [2.05, 4.69) is 0 Å². The Bertz CT molecular complexity index is 13.6. The van der Waals surface area contributed by atoms with Crippen molar-refractivity contribution in [3.63, 3.8) is 0 Å². The van der Waals surface area contributed by atoms with E-state index in [1.165, 1.54) is 0 Å². The van der Waals surface area contributed by atoms with E-state index >= 15 is 0 Å². The first-order valence-electron chi connectivity index (χ1n) is 0. The predicted molar refractivity (Wildman–Crippen MR) is 73.1 cm³/mol. The van der Waals surface area contributed by atoms with Gasteiger partial charge >= 0.3 is 44.2 Å². The molecule has 0 fully saturated rings. The minimum atomic E-state index is 0. The van der Waals surface area contributed by atoms with Crippen LogP contribution in [0, 0.1) is 0 Å². The summed E-state index contributed by atoms with van der Waals surface area (Å²) >= 11 is 0. The first-order chi connectivity index (χ1) is 0. The second-order valence-electron chi connectivity index (χ2n) is 0. The molecule has 0 nitrogen and oxygen atoms in total. The zero-order valence-corrected chi connectivity index (χ0v) is 18.9. The van der Waals surface area contributed by atoms with Gasteiger partial charge in [0.1, 0.15) is 0 Å². The van der Waals surface area contributed by atoms with Gasteiger partial charge in [0, 0.05) is 0 Å². The molecular weight excluding hydrogens is 551 g/mol. The van der Waals surface area contributed by atoms with Crippen molar-refractivity contribution in [1.82, 2.24) is 0 Å². The fourth-order valence-electron chi connectivity index (χ4n) is 0. The van der Waals surface area contributed by atoms with Crippen molar-refractivity contribution in [2.24, 2.45) is 0 Å². The summed E-state index contributed by atoms with van der Waals surface area (Å²) in [7, 11) is 0. The van der Waals surface area contributed by atoms with E-state index < -0.39 is 0 Å². The molecule has 0 heterocycles. The summed E-state index contributed by atoms with van der Waals surface area (Å²) in [5, 5.41) is 0. The van der Waals surface area contributed by atoms with Crippen LogP contribution in [0.25, 0.3) is 0 Å². The third-order valence-electron chi connectivity index (χ3n) is 0. The van der Waals surface area contributed by atoms with Crippen LogP contribution in [0.5, 0.6) is 0 Å². The van der Waals surface area contributed by atoms with Gasteiger partial charge in [-0.05, 0) is 0 Å². The van der Waals surface area contributed by atoms with Gasteiger partial charge in [-0.1, -0.05) is 0 Å². The van der Waals surface area contributed by atoms with Crippen LogP contribution in [0.1, 0.15) is 0 Å². The van der Waals surface area contributed by atoms with Crippen LogP contribution < -0.4 is 0 Å². The average molecular weight is 565 g/mol. The Morgan fingerprint density at radius 3 is 0.400 bits per heavy atom. The van der Waals surface area contributed by atoms with Gasteiger partial charge in [0.2, 0.25) is 0 Å². The molecule has 0 aromatic heterocycles. The van der Waals surface area contributed by atoms with E-state index in [0.29, 0.717) is 0 Å². The van der Waals surface area contributed by atoms with Gasteiger partial charge in [0.05, 0.1) is 0 Å². The van der Waals surface area contributed by atoms with Gasteiger partial charge in [-0.15, -0.1) is 86.8 Å². The molecule has 0 saturated heterocycles. The first kappa shape index (κ1) is 178. The molecule has 0 amide bonds. The zero-order chi connectivity index (χ0) is 0. The zero-order valence-electron chi connectivity index (χ0n) is 4.68. The van der Waals surface area contributed by atoms with E-state index in [4.69, 9.17) is 0 Å². The number of halogens is 8. The van der Waals surface area contributed by atoms with Gasteiger partial charge in [-0.3, -0.25) is 4.70 Å². The summed E-state index contributed by atoms with van der Waals surface area (Å²) in [5.74, 6) is 0. The molecule has 0 aliphatic heterocycles. The maximum atomic E-state index is 0. The summed E-state index contributed by atoms with van der Waals surface area (Å²) in [4.78, 5) is 0. The van der Waals surface area contributed by atoms with Crippen molar-refractivity contribution in [3.05, 3.63) is 0 Å². The van der Waals surface area contributed by atoms with E-state index in [1.54, 1.807) is 0 Å². The van der Waals surface area contributed by atoms with Crippen LogP contribution in [0.2, 0.25) is 0 Å². The summed E-state index contributed by atoms with van der Waals surface area (Å²) in [6.45, 7) is 0. The molecule has 0 aromatic carbocycles. The summed E-state index contributed by atoms with van der Waals surface area (Å²) < 4.78 is 0. The Morgan fingerprint density at radius 1 is 0.400 bits per heavy atom. The Morgan fingerprint density at radius 2 is 0.400 bits per heavy atom. The second kappa shape index (κ2) is 139. The fraction of sp³-hybridized carbons (Fsp3) is 0. The summed E-state index contributed by atoms with van der Waals surface area (Å²) in [5.41, 5.74) is 0. The van der Waals surface area contributed by atoms with Gasteiger partial charge in [-0.25, -0.2) is 0 Å². The van der Waals surface area contributed by atoms with Crippen LogP contribution in [0.3, 0.4) is 0 Å². The van der Waals surface area contributed by atoms with E-state index in [0.717, 1.165) is 0 Å². The van der Waals surface area contributed by atoms with E-state index in [-0.39, 0.29) is 136 Å². The van der Waals surface area contributed by atoms with Gasteiger partial charge in [0.15, 0.2) is 0 Å². The average Bonchev–Trinajstić information content (AvgIpc) is 0. The van der Waals surface area contributed by atoms with Gasteiger partial charge in [0.25, 0.3) is 0 Å². The van der Waals surface area contributed by atoms with Crippen molar-refractivity contribution in [3.8, 4) is 0 Å². The monoisotopic (exact) mass is 562 g/mol. The molecule has 0 N–H and O–H groups in total. The SMILES string of the molecule is Cl.Cl.Cl.Cl.Cl.Cl.Cl.F.[AsH3].[BiH3]. The van der Waals surface area contributed by atoms with Crippen LogP contribution in [0.15, 0.2) is 0 Å². The fourth-order valence-corrected chi connectivity index (χ4v) is 0. The molecule has 0 aromatic rings. The van der Waals surface area contributed by atoms with Crippen molar-refractivity contribution >= 4 is 131 Å². The predicted octanol–water partition coefficient (Wildman–Crippen LogP) is 0.737. The Balaban J connectivity index is 0. The van der Waals surface area contributed by atoms with Crippen LogP contribution >= 0.6 is 86.8 Å². The molecule has 0 spiro atoms. The summed E-state index contributed by atoms with van der Waals surface area (Å²) in [6, 6.07) is 0. The molecule has 10 heavy (non-hydrogen) atoms. The molecule has 80 valence electrons. The van der Waals surface area contributed by atoms with E-state index in [9.17, 15) is 0 Å². The van der Waals surface area contributed by atoms with Crippen molar-refractivity contribution < 1.29 is 4.70 Å². The Kier molecular flexibility index (Phi) is 2480. The molecule has 0 aliphatic carbocycles. The molecular formula is H14AsBiCl7F. The molecule has 0 radical (unpaired) electrons. The minimum absolute atomic E-state index is 0. The number of rotatable bonds is 0. The second-order valence-corrected chi connectivity index (χ2v) is 0. The van der Waals surface area contributed by atoms with E-state index in [1.807, 2.05) is 0 Å². The molecule has 0 rings (SSSR count). The van der Waals surface area contributed by atoms with Crippen LogP contribution in [-0.2, 0) is 0 Å². The van der Waals surface area contributed by atoms with Gasteiger partial charge in [-0.2, -0.15) is 0 Å². The topological polar surface area (TPSA) is 0 Å². The number of hydrogen-bond acceptors (Lipinski definition) is 0. The maximum absolute atomic E-state index is 0. The molecule has 0 bridgehead atoms. The summed E-state index contributed by atoms with van der Waals surface area (Å²) in [6.07, 6.45) is 0. The van der Waals surface area contributed by atoms with Crippen LogP contribution in [-0.4, -0.2) is 44.2 Å². The third kappa shape index (κ3) is 107. The first-order valence-corrected chi connectivity index (χ1v) is 0. The molecule has 0 aliphatic rings. The third-order valence-corrected chi connectivity index (χ3v) is 0. The van der Waals surface area contributed by atoms with Crippen molar-refractivity contribution in [2.75, 3.05) is 0 Å². The number of hydrogen-bond donors (Lipinski definition) is 0. The van der Waals surface area contributed by atoms with Crippen LogP contribution in [0.4, 0.5) is 4.70 Å². The molecule has 1 atom stereocenters. The Labute approximate surface area is 134 Å². The normalized spacial score (nSPS) is 0. The van der Waals surface area contributed by atoms with Crippen molar-refractivity contribution in [2.45, 2.75) is 0 Å². The Hall–Kier alpha value is 3.40. The molecule has 0 saturated carbocycles.